The van der Waals surface area contributed by atoms with Crippen LogP contribution in [0.15, 0.2) is 73.4 Å². The molecule has 0 radical (unpaired) electrons. The second-order valence-corrected chi connectivity index (χ2v) is 5.89. The first kappa shape index (κ1) is 16.1. The molecular weight excluding hydrogens is 331 g/mol. The summed E-state index contributed by atoms with van der Waals surface area (Å²) in [6.45, 7) is 0.641. The lowest BCUT2D eigenvalue weighted by Gasteiger charge is -2.05. The summed E-state index contributed by atoms with van der Waals surface area (Å²) in [6, 6.07) is 14.1. The highest BCUT2D eigenvalue weighted by Gasteiger charge is 2.13. The summed E-state index contributed by atoms with van der Waals surface area (Å²) >= 11 is 0. The van der Waals surface area contributed by atoms with Crippen LogP contribution in [-0.4, -0.2) is 26.4 Å². The summed E-state index contributed by atoms with van der Waals surface area (Å²) < 4.78 is 22.2. The highest BCUT2D eigenvalue weighted by atomic mass is 19.1. The van der Waals surface area contributed by atoms with E-state index in [4.69, 9.17) is 9.84 Å². The Balaban J connectivity index is 1.77. The molecule has 0 saturated carbocycles. The maximum absolute atomic E-state index is 13.2. The molecule has 0 fully saturated rings. The van der Waals surface area contributed by atoms with Crippen LogP contribution in [0.5, 0.6) is 5.75 Å². The van der Waals surface area contributed by atoms with Crippen molar-refractivity contribution in [3.8, 4) is 22.7 Å². The predicted octanol–water partition coefficient (Wildman–Crippen LogP) is 3.93. The van der Waals surface area contributed by atoms with Crippen molar-refractivity contribution < 1.29 is 9.13 Å². The highest BCUT2D eigenvalue weighted by molar-refractivity contribution is 5.64. The van der Waals surface area contributed by atoms with Gasteiger partial charge in [-0.3, -0.25) is 0 Å². The van der Waals surface area contributed by atoms with Crippen LogP contribution in [0.25, 0.3) is 16.9 Å². The Morgan fingerprint density at radius 2 is 1.81 bits per heavy atom. The SMILES string of the molecule is COc1ccc(-c2nn(-c3ccc(F)cc3)cc2Cn2ccnc2)cc1. The number of halogens is 1. The molecule has 2 heterocycles. The number of benzene rings is 2. The van der Waals surface area contributed by atoms with E-state index in [9.17, 15) is 4.39 Å². The number of hydrogen-bond acceptors (Lipinski definition) is 3. The third kappa shape index (κ3) is 3.21. The fourth-order valence-corrected chi connectivity index (χ4v) is 2.82. The minimum atomic E-state index is -0.269. The van der Waals surface area contributed by atoms with Gasteiger partial charge in [0.25, 0.3) is 0 Å². The van der Waals surface area contributed by atoms with E-state index in [2.05, 4.69) is 4.98 Å². The van der Waals surface area contributed by atoms with E-state index in [1.165, 1.54) is 12.1 Å². The first-order chi connectivity index (χ1) is 12.7. The van der Waals surface area contributed by atoms with Crippen molar-refractivity contribution in [3.05, 3.63) is 84.8 Å². The van der Waals surface area contributed by atoms with Gasteiger partial charge in [-0.15, -0.1) is 0 Å². The molecule has 0 spiro atoms. The zero-order chi connectivity index (χ0) is 17.9. The molecule has 2 aromatic heterocycles. The maximum atomic E-state index is 13.2. The van der Waals surface area contributed by atoms with Crippen molar-refractivity contribution >= 4 is 0 Å². The number of nitrogens with zero attached hydrogens (tertiary/aromatic N) is 4. The zero-order valence-electron chi connectivity index (χ0n) is 14.2. The Hall–Kier alpha value is -3.41. The average molecular weight is 348 g/mol. The molecule has 0 amide bonds. The largest absolute Gasteiger partial charge is 0.497 e. The molecule has 0 atom stereocenters. The van der Waals surface area contributed by atoms with E-state index < -0.39 is 0 Å². The summed E-state index contributed by atoms with van der Waals surface area (Å²) in [6.07, 6.45) is 7.39. The Labute approximate surface area is 150 Å². The minimum Gasteiger partial charge on any atom is -0.497 e. The van der Waals surface area contributed by atoms with Crippen LogP contribution in [0, 0.1) is 5.82 Å². The van der Waals surface area contributed by atoms with E-state index >= 15 is 0 Å². The first-order valence-corrected chi connectivity index (χ1v) is 8.17. The van der Waals surface area contributed by atoms with Crippen molar-refractivity contribution in [2.24, 2.45) is 0 Å². The quantitative estimate of drug-likeness (QED) is 0.549. The summed E-state index contributed by atoms with van der Waals surface area (Å²) in [5, 5.41) is 4.74. The molecule has 130 valence electrons. The smallest absolute Gasteiger partial charge is 0.123 e. The van der Waals surface area contributed by atoms with Crippen molar-refractivity contribution in [3.63, 3.8) is 0 Å². The van der Waals surface area contributed by atoms with E-state index in [1.54, 1.807) is 36.4 Å². The molecule has 2 aromatic carbocycles. The van der Waals surface area contributed by atoms with Crippen molar-refractivity contribution in [2.45, 2.75) is 6.54 Å². The number of rotatable bonds is 5. The molecule has 0 bridgehead atoms. The van der Waals surface area contributed by atoms with Crippen LogP contribution in [0.3, 0.4) is 0 Å². The topological polar surface area (TPSA) is 44.9 Å². The van der Waals surface area contributed by atoms with Crippen molar-refractivity contribution in [2.75, 3.05) is 7.11 Å². The van der Waals surface area contributed by atoms with Crippen LogP contribution in [0.1, 0.15) is 5.56 Å². The van der Waals surface area contributed by atoms with Crippen LogP contribution in [-0.2, 0) is 6.54 Å². The highest BCUT2D eigenvalue weighted by Crippen LogP contribution is 2.26. The van der Waals surface area contributed by atoms with Gasteiger partial charge in [-0.1, -0.05) is 0 Å². The van der Waals surface area contributed by atoms with Crippen LogP contribution in [0.2, 0.25) is 0 Å². The molecule has 0 N–H and O–H groups in total. The molecule has 26 heavy (non-hydrogen) atoms. The lowest BCUT2D eigenvalue weighted by Crippen LogP contribution is -1.97. The van der Waals surface area contributed by atoms with E-state index in [1.807, 2.05) is 41.2 Å². The van der Waals surface area contributed by atoms with Gasteiger partial charge in [0.2, 0.25) is 0 Å². The van der Waals surface area contributed by atoms with Crippen LogP contribution < -0.4 is 4.74 Å². The molecule has 4 rings (SSSR count). The lowest BCUT2D eigenvalue weighted by atomic mass is 10.1. The summed E-state index contributed by atoms with van der Waals surface area (Å²) in [4.78, 5) is 4.10. The van der Waals surface area contributed by atoms with Gasteiger partial charge in [-0.25, -0.2) is 14.1 Å². The third-order valence-corrected chi connectivity index (χ3v) is 4.16. The molecule has 5 nitrogen and oxygen atoms in total. The van der Waals surface area contributed by atoms with Crippen LogP contribution >= 0.6 is 0 Å². The van der Waals surface area contributed by atoms with Gasteiger partial charge in [0.15, 0.2) is 0 Å². The van der Waals surface area contributed by atoms with Crippen molar-refractivity contribution in [1.82, 2.24) is 19.3 Å². The molecular formula is C20H17FN4O. The molecule has 0 aliphatic heterocycles. The van der Waals surface area contributed by atoms with Gasteiger partial charge < -0.3 is 9.30 Å². The molecule has 0 saturated heterocycles. The first-order valence-electron chi connectivity index (χ1n) is 8.17. The van der Waals surface area contributed by atoms with Crippen molar-refractivity contribution in [1.29, 1.82) is 0 Å². The Kier molecular flexibility index (Phi) is 4.23. The number of imidazole rings is 1. The molecule has 0 unspecified atom stereocenters. The van der Waals surface area contributed by atoms with Gasteiger partial charge in [-0.05, 0) is 48.5 Å². The van der Waals surface area contributed by atoms with E-state index in [0.29, 0.717) is 6.54 Å². The fraction of sp³-hybridized carbons (Fsp3) is 0.100. The van der Waals surface area contributed by atoms with E-state index in [-0.39, 0.29) is 5.82 Å². The molecule has 0 aliphatic carbocycles. The maximum Gasteiger partial charge on any atom is 0.123 e. The summed E-state index contributed by atoms with van der Waals surface area (Å²) in [7, 11) is 1.64. The second kappa shape index (κ2) is 6.84. The zero-order valence-corrected chi connectivity index (χ0v) is 14.2. The second-order valence-electron chi connectivity index (χ2n) is 5.89. The van der Waals surface area contributed by atoms with Gasteiger partial charge in [0.1, 0.15) is 11.6 Å². The van der Waals surface area contributed by atoms with Gasteiger partial charge in [-0.2, -0.15) is 5.10 Å². The Morgan fingerprint density at radius 1 is 1.04 bits per heavy atom. The third-order valence-electron chi connectivity index (χ3n) is 4.16. The van der Waals surface area contributed by atoms with Gasteiger partial charge in [0, 0.05) is 29.7 Å². The van der Waals surface area contributed by atoms with Gasteiger partial charge in [0.05, 0.1) is 31.4 Å². The predicted molar refractivity (Wildman–Crippen MR) is 96.8 cm³/mol. The monoisotopic (exact) mass is 348 g/mol. The molecule has 6 heteroatoms. The summed E-state index contributed by atoms with van der Waals surface area (Å²) in [5.41, 5.74) is 3.70. The standard InChI is InChI=1S/C20H17FN4O/c1-26-19-8-2-15(3-9-19)20-16(12-24-11-10-22-14-24)13-25(23-20)18-6-4-17(21)5-7-18/h2-11,13-14H,12H2,1H3. The number of methoxy groups -OCH3 is 1. The minimum absolute atomic E-state index is 0.269. The van der Waals surface area contributed by atoms with Crippen LogP contribution in [0.4, 0.5) is 4.39 Å². The number of hydrogen-bond donors (Lipinski definition) is 0. The average Bonchev–Trinajstić information content (AvgIpc) is 3.33. The normalized spacial score (nSPS) is 10.8. The number of ether oxygens (including phenoxy) is 1. The fourth-order valence-electron chi connectivity index (χ4n) is 2.82. The summed E-state index contributed by atoms with van der Waals surface area (Å²) in [5.74, 6) is 0.526. The Morgan fingerprint density at radius 3 is 2.46 bits per heavy atom. The van der Waals surface area contributed by atoms with E-state index in [0.717, 1.165) is 28.3 Å². The Bertz CT molecular complexity index is 989. The number of aromatic nitrogens is 4. The van der Waals surface area contributed by atoms with Gasteiger partial charge >= 0.3 is 0 Å². The lowest BCUT2D eigenvalue weighted by molar-refractivity contribution is 0.415. The molecule has 4 aromatic rings. The molecule has 0 aliphatic rings.